The first kappa shape index (κ1) is 17.3. The highest BCUT2D eigenvalue weighted by atomic mass is 32.2. The normalized spacial score (nSPS) is 11.4. The van der Waals surface area contributed by atoms with Gasteiger partial charge in [-0.15, -0.1) is 21.5 Å². The van der Waals surface area contributed by atoms with Crippen molar-refractivity contribution < 1.29 is 17.6 Å². The molecule has 0 aliphatic carbocycles. The molecular formula is C15H14N4O4S2. The highest BCUT2D eigenvalue weighted by molar-refractivity contribution is 7.89. The number of amides is 1. The smallest absolute Gasteiger partial charge is 0.257 e. The van der Waals surface area contributed by atoms with E-state index in [1.54, 1.807) is 0 Å². The lowest BCUT2D eigenvalue weighted by atomic mass is 10.3. The molecular weight excluding hydrogens is 364 g/mol. The monoisotopic (exact) mass is 378 g/mol. The van der Waals surface area contributed by atoms with Crippen LogP contribution in [0.25, 0.3) is 10.8 Å². The molecule has 0 saturated heterocycles. The Hall–Kier alpha value is -2.56. The van der Waals surface area contributed by atoms with Crippen LogP contribution in [-0.2, 0) is 21.4 Å². The van der Waals surface area contributed by atoms with Crippen molar-refractivity contribution in [2.75, 3.05) is 5.32 Å². The third kappa shape index (κ3) is 4.29. The summed E-state index contributed by atoms with van der Waals surface area (Å²) in [5, 5.41) is 12.2. The molecule has 3 rings (SSSR count). The van der Waals surface area contributed by atoms with Crippen LogP contribution >= 0.6 is 11.3 Å². The van der Waals surface area contributed by atoms with Gasteiger partial charge in [-0.1, -0.05) is 6.07 Å². The Kier molecular flexibility index (Phi) is 4.93. The van der Waals surface area contributed by atoms with Gasteiger partial charge in [0, 0.05) is 12.6 Å². The van der Waals surface area contributed by atoms with Crippen LogP contribution in [-0.4, -0.2) is 24.5 Å². The van der Waals surface area contributed by atoms with Crippen LogP contribution in [0, 0.1) is 0 Å². The number of benzene rings is 1. The lowest BCUT2D eigenvalue weighted by molar-refractivity contribution is -0.114. The first-order chi connectivity index (χ1) is 11.9. The van der Waals surface area contributed by atoms with Gasteiger partial charge in [-0.3, -0.25) is 4.79 Å². The molecule has 0 atom stereocenters. The van der Waals surface area contributed by atoms with Gasteiger partial charge >= 0.3 is 0 Å². The van der Waals surface area contributed by atoms with Crippen molar-refractivity contribution in [3.63, 3.8) is 0 Å². The standard InChI is InChI=1S/C15H14N4O4S2/c1-10(20)17-11-4-6-12(7-5-11)25(21,22)16-9-14-18-19-15(23-14)13-3-2-8-24-13/h2-8,16H,9H2,1H3,(H,17,20). The van der Waals surface area contributed by atoms with Gasteiger partial charge < -0.3 is 9.73 Å². The van der Waals surface area contributed by atoms with E-state index in [2.05, 4.69) is 20.2 Å². The second-order valence-corrected chi connectivity index (χ2v) is 7.72. The van der Waals surface area contributed by atoms with Gasteiger partial charge in [0.2, 0.25) is 21.8 Å². The molecule has 1 aromatic carbocycles. The molecule has 130 valence electrons. The molecule has 2 aromatic heterocycles. The lowest BCUT2D eigenvalue weighted by Crippen LogP contribution is -2.23. The molecule has 0 unspecified atom stereocenters. The first-order valence-electron chi connectivity index (χ1n) is 7.17. The molecule has 8 nitrogen and oxygen atoms in total. The zero-order chi connectivity index (χ0) is 17.9. The molecule has 0 aliphatic rings. The molecule has 3 aromatic rings. The molecule has 0 bridgehead atoms. The number of carbonyl (C=O) groups excluding carboxylic acids is 1. The summed E-state index contributed by atoms with van der Waals surface area (Å²) in [6.07, 6.45) is 0. The van der Waals surface area contributed by atoms with Gasteiger partial charge in [0.05, 0.1) is 16.3 Å². The fourth-order valence-corrected chi connectivity index (χ4v) is 3.60. The summed E-state index contributed by atoms with van der Waals surface area (Å²) in [5.41, 5.74) is 0.518. The Morgan fingerprint density at radius 2 is 1.96 bits per heavy atom. The van der Waals surface area contributed by atoms with Crippen molar-refractivity contribution in [1.29, 1.82) is 0 Å². The number of aromatic nitrogens is 2. The highest BCUT2D eigenvalue weighted by Crippen LogP contribution is 2.23. The topological polar surface area (TPSA) is 114 Å². The number of nitrogens with zero attached hydrogens (tertiary/aromatic N) is 2. The van der Waals surface area contributed by atoms with Crippen molar-refractivity contribution in [3.8, 4) is 10.8 Å². The Labute approximate surface area is 148 Å². The van der Waals surface area contributed by atoms with Crippen LogP contribution in [0.1, 0.15) is 12.8 Å². The van der Waals surface area contributed by atoms with Crippen LogP contribution < -0.4 is 10.0 Å². The number of hydrogen-bond acceptors (Lipinski definition) is 7. The van der Waals surface area contributed by atoms with Crippen molar-refractivity contribution in [2.45, 2.75) is 18.4 Å². The zero-order valence-electron chi connectivity index (χ0n) is 13.1. The van der Waals surface area contributed by atoms with E-state index in [0.29, 0.717) is 11.6 Å². The lowest BCUT2D eigenvalue weighted by Gasteiger charge is -2.06. The SMILES string of the molecule is CC(=O)Nc1ccc(S(=O)(=O)NCc2nnc(-c3cccs3)o2)cc1. The molecule has 25 heavy (non-hydrogen) atoms. The molecule has 0 saturated carbocycles. The number of thiophene rings is 1. The third-order valence-corrected chi connectivity index (χ3v) is 5.37. The van der Waals surface area contributed by atoms with Crippen LogP contribution in [0.5, 0.6) is 0 Å². The highest BCUT2D eigenvalue weighted by Gasteiger charge is 2.16. The van der Waals surface area contributed by atoms with Crippen LogP contribution in [0.3, 0.4) is 0 Å². The summed E-state index contributed by atoms with van der Waals surface area (Å²) in [4.78, 5) is 11.9. The maximum absolute atomic E-state index is 12.3. The first-order valence-corrected chi connectivity index (χ1v) is 9.54. The second-order valence-electron chi connectivity index (χ2n) is 5.01. The average molecular weight is 378 g/mol. The van der Waals surface area contributed by atoms with Crippen LogP contribution in [0.2, 0.25) is 0 Å². The van der Waals surface area contributed by atoms with Crippen molar-refractivity contribution in [3.05, 3.63) is 47.7 Å². The Morgan fingerprint density at radius 1 is 1.20 bits per heavy atom. The number of rotatable bonds is 6. The largest absolute Gasteiger partial charge is 0.418 e. The van der Waals surface area contributed by atoms with Gasteiger partial charge in [0.15, 0.2) is 0 Å². The van der Waals surface area contributed by atoms with Crippen molar-refractivity contribution >= 4 is 33.0 Å². The van der Waals surface area contributed by atoms with Crippen LogP contribution in [0.4, 0.5) is 5.69 Å². The third-order valence-electron chi connectivity index (χ3n) is 3.10. The maximum Gasteiger partial charge on any atom is 0.257 e. The summed E-state index contributed by atoms with van der Waals surface area (Å²) in [7, 11) is -3.74. The zero-order valence-corrected chi connectivity index (χ0v) is 14.7. The van der Waals surface area contributed by atoms with E-state index in [-0.39, 0.29) is 23.2 Å². The van der Waals surface area contributed by atoms with Gasteiger partial charge in [0.1, 0.15) is 0 Å². The second kappa shape index (κ2) is 7.13. The molecule has 0 aliphatic heterocycles. The molecule has 2 heterocycles. The number of carbonyl (C=O) groups is 1. The van der Waals surface area contributed by atoms with E-state index in [9.17, 15) is 13.2 Å². The number of anilines is 1. The van der Waals surface area contributed by atoms with Crippen LogP contribution in [0.15, 0.2) is 51.1 Å². The molecule has 0 radical (unpaired) electrons. The fraction of sp³-hybridized carbons (Fsp3) is 0.133. The van der Waals surface area contributed by atoms with E-state index in [1.807, 2.05) is 17.5 Å². The maximum atomic E-state index is 12.3. The van der Waals surface area contributed by atoms with Crippen molar-refractivity contribution in [2.24, 2.45) is 0 Å². The van der Waals surface area contributed by atoms with Gasteiger partial charge in [-0.2, -0.15) is 0 Å². The Bertz CT molecular complexity index is 963. The summed E-state index contributed by atoms with van der Waals surface area (Å²) in [5.74, 6) is 0.289. The quantitative estimate of drug-likeness (QED) is 0.680. The minimum absolute atomic E-state index is 0.0691. The molecule has 2 N–H and O–H groups in total. The minimum atomic E-state index is -3.74. The minimum Gasteiger partial charge on any atom is -0.418 e. The van der Waals surface area contributed by atoms with E-state index < -0.39 is 10.0 Å². The Balaban J connectivity index is 1.66. The van der Waals surface area contributed by atoms with E-state index in [1.165, 1.54) is 42.5 Å². The van der Waals surface area contributed by atoms with E-state index in [0.717, 1.165) is 4.88 Å². The fourth-order valence-electron chi connectivity index (χ4n) is 1.99. The van der Waals surface area contributed by atoms with Gasteiger partial charge in [-0.05, 0) is 35.7 Å². The molecule has 0 spiro atoms. The molecule has 10 heteroatoms. The Morgan fingerprint density at radius 3 is 2.60 bits per heavy atom. The van der Waals surface area contributed by atoms with E-state index in [4.69, 9.17) is 4.42 Å². The predicted octanol–water partition coefficient (Wildman–Crippen LogP) is 2.24. The number of sulfonamides is 1. The van der Waals surface area contributed by atoms with Gasteiger partial charge in [0.25, 0.3) is 5.89 Å². The number of hydrogen-bond donors (Lipinski definition) is 2. The summed E-state index contributed by atoms with van der Waals surface area (Å²) in [6, 6.07) is 9.52. The molecule has 1 amide bonds. The molecule has 0 fully saturated rings. The predicted molar refractivity (Wildman–Crippen MR) is 92.4 cm³/mol. The van der Waals surface area contributed by atoms with Crippen molar-refractivity contribution in [1.82, 2.24) is 14.9 Å². The average Bonchev–Trinajstić information content (AvgIpc) is 3.24. The number of nitrogens with one attached hydrogen (secondary N) is 2. The van der Waals surface area contributed by atoms with E-state index >= 15 is 0 Å². The van der Waals surface area contributed by atoms with Gasteiger partial charge in [-0.25, -0.2) is 13.1 Å². The summed E-state index contributed by atoms with van der Waals surface area (Å²) >= 11 is 1.45. The summed E-state index contributed by atoms with van der Waals surface area (Å²) in [6.45, 7) is 1.26. The summed E-state index contributed by atoms with van der Waals surface area (Å²) < 4.78 is 32.4.